The first-order valence-electron chi connectivity index (χ1n) is 9.12. The summed E-state index contributed by atoms with van der Waals surface area (Å²) in [6.07, 6.45) is 7.29. The van der Waals surface area contributed by atoms with Crippen molar-refractivity contribution in [1.29, 1.82) is 0 Å². The summed E-state index contributed by atoms with van der Waals surface area (Å²) in [4.78, 5) is 14.1. The first kappa shape index (κ1) is 17.2. The highest BCUT2D eigenvalue weighted by Gasteiger charge is 2.23. The molecule has 1 heterocycles. The van der Waals surface area contributed by atoms with Crippen LogP contribution < -0.4 is 5.32 Å². The molecule has 1 aliphatic carbocycles. The molecular weight excluding hydrogens is 304 g/mol. The molecule has 1 aromatic rings. The van der Waals surface area contributed by atoms with Gasteiger partial charge in [-0.3, -0.25) is 0 Å². The minimum atomic E-state index is -0.0805. The third-order valence-electron chi connectivity index (χ3n) is 5.06. The second kappa shape index (κ2) is 8.49. The standard InChI is InChI=1S/C19H28N2O3/c22-13-16-4-3-11-21(12-16)19(23)20-17-9-7-15(8-10-17)14-24-18-5-1-2-6-18/h7-10,16,18,22H,1-6,11-14H2,(H,20,23)/t16-/m0/s1. The number of nitrogens with one attached hydrogen (secondary N) is 1. The van der Waals surface area contributed by atoms with Crippen LogP contribution in [0.2, 0.25) is 0 Å². The summed E-state index contributed by atoms with van der Waals surface area (Å²) >= 11 is 0. The van der Waals surface area contributed by atoms with Crippen molar-refractivity contribution in [3.8, 4) is 0 Å². The molecule has 0 bridgehead atoms. The maximum absolute atomic E-state index is 12.3. The number of ether oxygens (including phenoxy) is 1. The normalized spacial score (nSPS) is 21.9. The quantitative estimate of drug-likeness (QED) is 0.869. The van der Waals surface area contributed by atoms with Crippen LogP contribution in [0.5, 0.6) is 0 Å². The fourth-order valence-electron chi connectivity index (χ4n) is 3.55. The Morgan fingerprint density at radius 1 is 1.17 bits per heavy atom. The minimum Gasteiger partial charge on any atom is -0.396 e. The molecule has 2 N–H and O–H groups in total. The second-order valence-electron chi connectivity index (χ2n) is 6.98. The highest BCUT2D eigenvalue weighted by atomic mass is 16.5. The van der Waals surface area contributed by atoms with Crippen molar-refractivity contribution in [3.63, 3.8) is 0 Å². The number of nitrogens with zero attached hydrogens (tertiary/aromatic N) is 1. The van der Waals surface area contributed by atoms with Gasteiger partial charge < -0.3 is 20.1 Å². The first-order chi connectivity index (χ1) is 11.7. The average molecular weight is 332 g/mol. The van der Waals surface area contributed by atoms with E-state index in [-0.39, 0.29) is 18.6 Å². The number of piperidine rings is 1. The van der Waals surface area contributed by atoms with E-state index in [0.29, 0.717) is 19.3 Å². The van der Waals surface area contributed by atoms with E-state index in [1.54, 1.807) is 4.90 Å². The van der Waals surface area contributed by atoms with Crippen LogP contribution in [0.3, 0.4) is 0 Å². The molecule has 0 spiro atoms. The van der Waals surface area contributed by atoms with Gasteiger partial charge in [-0.2, -0.15) is 0 Å². The zero-order valence-corrected chi connectivity index (χ0v) is 14.2. The van der Waals surface area contributed by atoms with Crippen molar-refractivity contribution in [2.45, 2.75) is 51.2 Å². The summed E-state index contributed by atoms with van der Waals surface area (Å²) in [5.41, 5.74) is 1.94. The number of hydrogen-bond acceptors (Lipinski definition) is 3. The van der Waals surface area contributed by atoms with Crippen molar-refractivity contribution in [1.82, 2.24) is 4.90 Å². The van der Waals surface area contributed by atoms with Gasteiger partial charge in [0.1, 0.15) is 0 Å². The maximum atomic E-state index is 12.3. The molecule has 1 saturated carbocycles. The number of aliphatic hydroxyl groups excluding tert-OH is 1. The van der Waals surface area contributed by atoms with E-state index >= 15 is 0 Å². The van der Waals surface area contributed by atoms with Gasteiger partial charge in [-0.25, -0.2) is 4.79 Å². The topological polar surface area (TPSA) is 61.8 Å². The van der Waals surface area contributed by atoms with Gasteiger partial charge in [-0.05, 0) is 49.3 Å². The summed E-state index contributed by atoms with van der Waals surface area (Å²) in [6, 6.07) is 7.80. The highest BCUT2D eigenvalue weighted by molar-refractivity contribution is 5.89. The molecule has 5 heteroatoms. The SMILES string of the molecule is O=C(Nc1ccc(COC2CCCC2)cc1)N1CCC[C@H](CO)C1. The van der Waals surface area contributed by atoms with Gasteiger partial charge in [0.05, 0.1) is 12.7 Å². The van der Waals surface area contributed by atoms with Gasteiger partial charge in [0.15, 0.2) is 0 Å². The lowest BCUT2D eigenvalue weighted by Crippen LogP contribution is -2.43. The van der Waals surface area contributed by atoms with Crippen LogP contribution in [-0.2, 0) is 11.3 Å². The van der Waals surface area contributed by atoms with E-state index < -0.39 is 0 Å². The van der Waals surface area contributed by atoms with E-state index in [1.165, 1.54) is 25.7 Å². The van der Waals surface area contributed by atoms with Crippen LogP contribution >= 0.6 is 0 Å². The molecule has 1 saturated heterocycles. The molecule has 1 aromatic carbocycles. The van der Waals surface area contributed by atoms with Crippen molar-refractivity contribution in [2.75, 3.05) is 25.0 Å². The van der Waals surface area contributed by atoms with Gasteiger partial charge in [0, 0.05) is 25.4 Å². The number of anilines is 1. The fourth-order valence-corrected chi connectivity index (χ4v) is 3.55. The number of urea groups is 1. The molecule has 0 aromatic heterocycles. The Bertz CT molecular complexity index is 526. The Hall–Kier alpha value is -1.59. The zero-order chi connectivity index (χ0) is 16.8. The fraction of sp³-hybridized carbons (Fsp3) is 0.632. The summed E-state index contributed by atoms with van der Waals surface area (Å²) in [5.74, 6) is 0.208. The molecule has 3 rings (SSSR count). The van der Waals surface area contributed by atoms with Gasteiger partial charge in [-0.15, -0.1) is 0 Å². The van der Waals surface area contributed by atoms with Gasteiger partial charge in [-0.1, -0.05) is 25.0 Å². The number of aliphatic hydroxyl groups is 1. The number of carbonyl (C=O) groups is 1. The monoisotopic (exact) mass is 332 g/mol. The molecule has 0 radical (unpaired) electrons. The second-order valence-corrected chi connectivity index (χ2v) is 6.98. The van der Waals surface area contributed by atoms with Crippen LogP contribution in [0.25, 0.3) is 0 Å². The molecule has 1 aliphatic heterocycles. The molecule has 24 heavy (non-hydrogen) atoms. The first-order valence-corrected chi connectivity index (χ1v) is 9.12. The van der Waals surface area contributed by atoms with Gasteiger partial charge in [0.2, 0.25) is 0 Å². The van der Waals surface area contributed by atoms with Crippen molar-refractivity contribution in [3.05, 3.63) is 29.8 Å². The van der Waals surface area contributed by atoms with Crippen LogP contribution in [0.4, 0.5) is 10.5 Å². The van der Waals surface area contributed by atoms with E-state index in [2.05, 4.69) is 5.32 Å². The predicted molar refractivity (Wildman–Crippen MR) is 93.9 cm³/mol. The summed E-state index contributed by atoms with van der Waals surface area (Å²) < 4.78 is 5.91. The number of rotatable bonds is 5. The maximum Gasteiger partial charge on any atom is 0.321 e. The highest BCUT2D eigenvalue weighted by Crippen LogP contribution is 2.22. The molecule has 1 atom stereocenters. The Balaban J connectivity index is 1.47. The summed E-state index contributed by atoms with van der Waals surface area (Å²) in [7, 11) is 0. The van der Waals surface area contributed by atoms with Crippen molar-refractivity contribution in [2.24, 2.45) is 5.92 Å². The average Bonchev–Trinajstić information content (AvgIpc) is 3.15. The predicted octanol–water partition coefficient (Wildman–Crippen LogP) is 3.38. The third kappa shape index (κ3) is 4.71. The molecule has 5 nitrogen and oxygen atoms in total. The molecular formula is C19H28N2O3. The van der Waals surface area contributed by atoms with E-state index in [1.807, 2.05) is 24.3 Å². The summed E-state index contributed by atoms with van der Waals surface area (Å²) in [5, 5.41) is 12.2. The van der Waals surface area contributed by atoms with Crippen molar-refractivity contribution < 1.29 is 14.6 Å². The molecule has 132 valence electrons. The van der Waals surface area contributed by atoms with Crippen molar-refractivity contribution >= 4 is 11.7 Å². The van der Waals surface area contributed by atoms with Crippen LogP contribution in [0.1, 0.15) is 44.1 Å². The Labute approximate surface area is 144 Å². The van der Waals surface area contributed by atoms with E-state index in [9.17, 15) is 9.90 Å². The largest absolute Gasteiger partial charge is 0.396 e. The van der Waals surface area contributed by atoms with Crippen LogP contribution in [-0.4, -0.2) is 41.8 Å². The number of benzene rings is 1. The number of carbonyl (C=O) groups excluding carboxylic acids is 1. The number of likely N-dealkylation sites (tertiary alicyclic amines) is 1. The molecule has 2 fully saturated rings. The number of amides is 2. The summed E-state index contributed by atoms with van der Waals surface area (Å²) in [6.45, 7) is 2.19. The van der Waals surface area contributed by atoms with E-state index in [4.69, 9.17) is 4.74 Å². The Kier molecular flexibility index (Phi) is 6.10. The lowest BCUT2D eigenvalue weighted by atomic mass is 9.99. The lowest BCUT2D eigenvalue weighted by molar-refractivity contribution is 0.0457. The molecule has 2 amide bonds. The molecule has 2 aliphatic rings. The van der Waals surface area contributed by atoms with Crippen LogP contribution in [0.15, 0.2) is 24.3 Å². The van der Waals surface area contributed by atoms with Gasteiger partial charge in [0.25, 0.3) is 0 Å². The minimum absolute atomic E-state index is 0.0805. The smallest absolute Gasteiger partial charge is 0.321 e. The third-order valence-corrected chi connectivity index (χ3v) is 5.06. The Morgan fingerprint density at radius 2 is 1.92 bits per heavy atom. The Morgan fingerprint density at radius 3 is 2.62 bits per heavy atom. The number of hydrogen-bond donors (Lipinski definition) is 2. The molecule has 0 unspecified atom stereocenters. The van der Waals surface area contributed by atoms with E-state index in [0.717, 1.165) is 30.6 Å². The lowest BCUT2D eigenvalue weighted by Gasteiger charge is -2.31. The van der Waals surface area contributed by atoms with Gasteiger partial charge >= 0.3 is 6.03 Å². The van der Waals surface area contributed by atoms with Crippen LogP contribution in [0, 0.1) is 5.92 Å². The zero-order valence-electron chi connectivity index (χ0n) is 14.2.